The summed E-state index contributed by atoms with van der Waals surface area (Å²) in [5, 5.41) is 4.35. The average Bonchev–Trinajstić information content (AvgIpc) is 3.50. The number of amides is 2. The Morgan fingerprint density at radius 2 is 1.86 bits per heavy atom. The number of carbonyl (C=O) groups is 1. The molecule has 37 heavy (non-hydrogen) atoms. The molecule has 2 aliphatic rings. The number of carbonyl (C=O) groups excluding carboxylic acids is 1. The minimum absolute atomic E-state index is 0.175. The number of fused-ring (bicyclic) bond motifs is 5. The van der Waals surface area contributed by atoms with E-state index in [1.807, 2.05) is 58.7 Å². The van der Waals surface area contributed by atoms with Gasteiger partial charge in [0, 0.05) is 29.7 Å². The topological polar surface area (TPSA) is 59.0 Å². The molecule has 0 saturated carbocycles. The fourth-order valence-electron chi connectivity index (χ4n) is 5.45. The maximum atomic E-state index is 14.1. The van der Waals surface area contributed by atoms with E-state index >= 15 is 0 Å². The number of benzene rings is 2. The van der Waals surface area contributed by atoms with Gasteiger partial charge in [-0.15, -0.1) is 11.3 Å². The minimum atomic E-state index is -0.304. The summed E-state index contributed by atoms with van der Waals surface area (Å²) < 4.78 is 13.3. The third-order valence-electron chi connectivity index (χ3n) is 7.27. The van der Waals surface area contributed by atoms with Gasteiger partial charge in [0.25, 0.3) is 0 Å². The normalized spacial score (nSPS) is 16.8. The Labute approximate surface area is 220 Å². The van der Waals surface area contributed by atoms with E-state index in [0.29, 0.717) is 18.0 Å². The van der Waals surface area contributed by atoms with Gasteiger partial charge in [0.05, 0.1) is 38.2 Å². The first-order chi connectivity index (χ1) is 18.1. The van der Waals surface area contributed by atoms with Crippen molar-refractivity contribution in [3.8, 4) is 16.5 Å². The van der Waals surface area contributed by atoms with Crippen LogP contribution in [0, 0.1) is 0 Å². The number of hydrogen-bond donors (Lipinski definition) is 1. The summed E-state index contributed by atoms with van der Waals surface area (Å²) in [7, 11) is 5.45. The first-order valence-corrected chi connectivity index (χ1v) is 13.2. The van der Waals surface area contributed by atoms with Crippen LogP contribution in [0.2, 0.25) is 0 Å². The second-order valence-corrected chi connectivity index (χ2v) is 10.6. The molecule has 0 radical (unpaired) electrons. The van der Waals surface area contributed by atoms with E-state index in [9.17, 15) is 4.79 Å². The molecule has 0 saturated heterocycles. The number of likely N-dealkylation sites (N-methyl/N-ethyl adjacent to an activating group) is 1. The van der Waals surface area contributed by atoms with E-state index in [1.54, 1.807) is 14.2 Å². The van der Waals surface area contributed by atoms with Crippen LogP contribution in [-0.4, -0.2) is 48.2 Å². The van der Waals surface area contributed by atoms with Crippen LogP contribution in [-0.2, 0) is 19.5 Å². The van der Waals surface area contributed by atoms with Crippen molar-refractivity contribution in [2.45, 2.75) is 25.6 Å². The highest BCUT2D eigenvalue weighted by Crippen LogP contribution is 2.44. The number of anilines is 1. The van der Waals surface area contributed by atoms with Gasteiger partial charge in [-0.25, -0.2) is 4.79 Å². The van der Waals surface area contributed by atoms with E-state index in [-0.39, 0.29) is 12.1 Å². The molecule has 190 valence electrons. The summed E-state index contributed by atoms with van der Waals surface area (Å²) in [5.41, 5.74) is 5.32. The van der Waals surface area contributed by atoms with Crippen LogP contribution >= 0.6 is 11.3 Å². The number of nitrogens with zero attached hydrogens (tertiary/aromatic N) is 3. The van der Waals surface area contributed by atoms with Crippen molar-refractivity contribution in [2.24, 2.45) is 0 Å². The predicted molar refractivity (Wildman–Crippen MR) is 146 cm³/mol. The third kappa shape index (κ3) is 4.16. The maximum Gasteiger partial charge on any atom is 0.323 e. The molecular formula is C29H30N4O3S. The zero-order chi connectivity index (χ0) is 25.5. The Kier molecular flexibility index (Phi) is 6.14. The largest absolute Gasteiger partial charge is 0.497 e. The van der Waals surface area contributed by atoms with Crippen molar-refractivity contribution >= 4 is 23.1 Å². The fourth-order valence-corrected chi connectivity index (χ4v) is 6.89. The van der Waals surface area contributed by atoms with Gasteiger partial charge in [0.2, 0.25) is 0 Å². The molecule has 2 aliphatic heterocycles. The summed E-state index contributed by atoms with van der Waals surface area (Å²) in [5.74, 6) is 1.39. The summed E-state index contributed by atoms with van der Waals surface area (Å²) in [6.07, 6.45) is 3.11. The fraction of sp³-hybridized carbons (Fsp3) is 0.276. The Morgan fingerprint density at radius 1 is 1.00 bits per heavy atom. The Morgan fingerprint density at radius 3 is 2.70 bits per heavy atom. The molecule has 1 atom stereocenters. The Balaban J connectivity index is 1.50. The van der Waals surface area contributed by atoms with E-state index in [2.05, 4.69) is 46.2 Å². The predicted octanol–water partition coefficient (Wildman–Crippen LogP) is 5.68. The lowest BCUT2D eigenvalue weighted by molar-refractivity contribution is 0.194. The zero-order valence-corrected chi connectivity index (χ0v) is 22.0. The van der Waals surface area contributed by atoms with Gasteiger partial charge in [-0.2, -0.15) is 0 Å². The van der Waals surface area contributed by atoms with Crippen molar-refractivity contribution in [1.29, 1.82) is 0 Å². The number of para-hydroxylation sites is 2. The molecular weight excluding hydrogens is 484 g/mol. The first kappa shape index (κ1) is 23.6. The molecule has 7 nitrogen and oxygen atoms in total. The van der Waals surface area contributed by atoms with E-state index < -0.39 is 0 Å². The number of ether oxygens (including phenoxy) is 2. The smallest absolute Gasteiger partial charge is 0.323 e. The van der Waals surface area contributed by atoms with Crippen molar-refractivity contribution in [2.75, 3.05) is 33.1 Å². The highest BCUT2D eigenvalue weighted by Gasteiger charge is 2.36. The number of hydrogen-bond acceptors (Lipinski definition) is 5. The molecule has 6 rings (SSSR count). The first-order valence-electron chi connectivity index (χ1n) is 12.4. The zero-order valence-electron chi connectivity index (χ0n) is 21.2. The van der Waals surface area contributed by atoms with Crippen LogP contribution in [0.5, 0.6) is 11.5 Å². The summed E-state index contributed by atoms with van der Waals surface area (Å²) in [6.45, 7) is 2.47. The van der Waals surface area contributed by atoms with Crippen LogP contribution in [0.4, 0.5) is 10.5 Å². The number of urea groups is 1. The lowest BCUT2D eigenvalue weighted by Crippen LogP contribution is -2.38. The lowest BCUT2D eigenvalue weighted by atomic mass is 10.00. The number of methoxy groups -OCH3 is 2. The highest BCUT2D eigenvalue weighted by molar-refractivity contribution is 7.15. The van der Waals surface area contributed by atoms with Gasteiger partial charge in [0.1, 0.15) is 16.5 Å². The molecule has 0 aliphatic carbocycles. The van der Waals surface area contributed by atoms with E-state index in [0.717, 1.165) is 36.5 Å². The SMILES string of the molecule is COc1cccc(C2c3cccn3-c3sc4c(c3CN2C(=O)Nc2ccccc2OC)CCN(C)C4)c1. The molecule has 2 amide bonds. The maximum absolute atomic E-state index is 14.1. The van der Waals surface area contributed by atoms with Crippen LogP contribution in [0.3, 0.4) is 0 Å². The summed E-state index contributed by atoms with van der Waals surface area (Å²) >= 11 is 1.85. The van der Waals surface area contributed by atoms with Crippen molar-refractivity contribution in [3.63, 3.8) is 0 Å². The van der Waals surface area contributed by atoms with Crippen molar-refractivity contribution in [3.05, 3.63) is 94.1 Å². The van der Waals surface area contributed by atoms with Crippen LogP contribution in [0.1, 0.15) is 33.3 Å². The number of nitrogens with one attached hydrogen (secondary N) is 1. The van der Waals surface area contributed by atoms with Gasteiger partial charge in [0.15, 0.2) is 0 Å². The number of thiophene rings is 1. The minimum Gasteiger partial charge on any atom is -0.497 e. The Bertz CT molecular complexity index is 1460. The summed E-state index contributed by atoms with van der Waals surface area (Å²) in [4.78, 5) is 19.8. The summed E-state index contributed by atoms with van der Waals surface area (Å²) in [6, 6.07) is 19.2. The molecule has 4 aromatic rings. The average molecular weight is 515 g/mol. The molecule has 1 unspecified atom stereocenters. The molecule has 1 N–H and O–H groups in total. The van der Waals surface area contributed by atoms with E-state index in [1.165, 1.54) is 21.0 Å². The van der Waals surface area contributed by atoms with Gasteiger partial charge in [-0.05, 0) is 61.0 Å². The molecule has 0 bridgehead atoms. The quantitative estimate of drug-likeness (QED) is 0.381. The molecule has 4 heterocycles. The lowest BCUT2D eigenvalue weighted by Gasteiger charge is -2.32. The van der Waals surface area contributed by atoms with Gasteiger partial charge in [-0.3, -0.25) is 0 Å². The second kappa shape index (κ2) is 9.61. The van der Waals surface area contributed by atoms with Crippen molar-refractivity contribution < 1.29 is 14.3 Å². The monoisotopic (exact) mass is 514 g/mol. The highest BCUT2D eigenvalue weighted by atomic mass is 32.1. The number of rotatable bonds is 4. The van der Waals surface area contributed by atoms with Gasteiger partial charge in [-0.1, -0.05) is 24.3 Å². The third-order valence-corrected chi connectivity index (χ3v) is 8.53. The van der Waals surface area contributed by atoms with Crippen LogP contribution in [0.25, 0.3) is 5.00 Å². The van der Waals surface area contributed by atoms with Crippen LogP contribution < -0.4 is 14.8 Å². The second-order valence-electron chi connectivity index (χ2n) is 9.52. The van der Waals surface area contributed by atoms with E-state index in [4.69, 9.17) is 9.47 Å². The Hall–Kier alpha value is -3.75. The van der Waals surface area contributed by atoms with Crippen molar-refractivity contribution in [1.82, 2.24) is 14.4 Å². The molecule has 0 fully saturated rings. The number of aromatic nitrogens is 1. The van der Waals surface area contributed by atoms with Crippen LogP contribution in [0.15, 0.2) is 66.9 Å². The standard InChI is InChI=1S/C29H30N4O3S/c1-31-15-13-21-22-17-33(29(34)30-23-10-4-5-12-25(23)36-3)27(19-8-6-9-20(16-19)35-2)24-11-7-14-32(24)28(22)37-26(21)18-31/h4-12,14,16,27H,13,15,17-18H2,1-3H3,(H,30,34). The molecule has 2 aromatic carbocycles. The molecule has 0 spiro atoms. The van der Waals surface area contributed by atoms with Gasteiger partial charge < -0.3 is 29.2 Å². The van der Waals surface area contributed by atoms with Gasteiger partial charge >= 0.3 is 6.03 Å². The molecule has 2 aromatic heterocycles. The molecule has 8 heteroatoms.